The van der Waals surface area contributed by atoms with Gasteiger partial charge in [-0.3, -0.25) is 4.79 Å². The number of anilines is 3. The highest BCUT2D eigenvalue weighted by atomic mass is 16.6. The Bertz CT molecular complexity index is 994. The molecule has 3 rings (SSSR count). The summed E-state index contributed by atoms with van der Waals surface area (Å²) in [6.07, 6.45) is 1.39. The molecule has 0 saturated carbocycles. The van der Waals surface area contributed by atoms with Crippen LogP contribution in [-0.4, -0.2) is 44.4 Å². The SMILES string of the molecule is Nc1nonc1N=NN(CC(=O)NN=Cc1ccc(O)cc1)c1nonc1N. The van der Waals surface area contributed by atoms with Crippen LogP contribution in [0.25, 0.3) is 0 Å². The van der Waals surface area contributed by atoms with Crippen LogP contribution in [0.4, 0.5) is 23.3 Å². The van der Waals surface area contributed by atoms with Gasteiger partial charge in [-0.25, -0.2) is 19.7 Å². The molecule has 0 aliphatic heterocycles. The van der Waals surface area contributed by atoms with E-state index in [2.05, 4.69) is 50.7 Å². The average molecular weight is 387 g/mol. The molecule has 2 aromatic heterocycles. The first-order chi connectivity index (χ1) is 13.5. The van der Waals surface area contributed by atoms with Crippen molar-refractivity contribution in [1.29, 1.82) is 0 Å². The van der Waals surface area contributed by atoms with Crippen molar-refractivity contribution in [3.8, 4) is 5.75 Å². The minimum atomic E-state index is -0.581. The molecular weight excluding hydrogens is 374 g/mol. The van der Waals surface area contributed by atoms with E-state index in [0.717, 1.165) is 5.01 Å². The van der Waals surface area contributed by atoms with Gasteiger partial charge >= 0.3 is 0 Å². The van der Waals surface area contributed by atoms with E-state index in [1.165, 1.54) is 18.3 Å². The van der Waals surface area contributed by atoms with Crippen LogP contribution in [-0.2, 0) is 4.79 Å². The van der Waals surface area contributed by atoms with E-state index >= 15 is 0 Å². The van der Waals surface area contributed by atoms with Crippen LogP contribution in [0, 0.1) is 0 Å². The largest absolute Gasteiger partial charge is 0.508 e. The number of nitrogen functional groups attached to an aromatic ring is 2. The van der Waals surface area contributed by atoms with E-state index < -0.39 is 5.91 Å². The summed E-state index contributed by atoms with van der Waals surface area (Å²) in [6.45, 7) is -0.389. The lowest BCUT2D eigenvalue weighted by Gasteiger charge is -2.12. The maximum absolute atomic E-state index is 12.1. The van der Waals surface area contributed by atoms with Crippen LogP contribution in [0.2, 0.25) is 0 Å². The number of phenolic OH excluding ortho intramolecular Hbond substituents is 1. The number of hydrazone groups is 1. The summed E-state index contributed by atoms with van der Waals surface area (Å²) in [6, 6.07) is 6.19. The third-order valence-corrected chi connectivity index (χ3v) is 3.07. The molecule has 0 saturated heterocycles. The zero-order chi connectivity index (χ0) is 19.9. The van der Waals surface area contributed by atoms with Crippen LogP contribution in [0.5, 0.6) is 5.75 Å². The second kappa shape index (κ2) is 8.21. The van der Waals surface area contributed by atoms with Crippen molar-refractivity contribution in [2.45, 2.75) is 0 Å². The van der Waals surface area contributed by atoms with E-state index in [1.54, 1.807) is 12.1 Å². The third-order valence-electron chi connectivity index (χ3n) is 3.07. The van der Waals surface area contributed by atoms with Crippen molar-refractivity contribution in [3.63, 3.8) is 0 Å². The Labute approximate surface area is 155 Å². The van der Waals surface area contributed by atoms with Crippen molar-refractivity contribution >= 4 is 35.4 Å². The highest BCUT2D eigenvalue weighted by Crippen LogP contribution is 2.21. The molecule has 0 unspecified atom stereocenters. The van der Waals surface area contributed by atoms with Gasteiger partial charge in [0.25, 0.3) is 11.7 Å². The van der Waals surface area contributed by atoms with Gasteiger partial charge in [-0.05, 0) is 50.5 Å². The molecule has 28 heavy (non-hydrogen) atoms. The molecule has 15 heteroatoms. The zero-order valence-corrected chi connectivity index (χ0v) is 14.0. The Morgan fingerprint density at radius 1 is 1.14 bits per heavy atom. The Balaban J connectivity index is 1.67. The van der Waals surface area contributed by atoms with Crippen molar-refractivity contribution < 1.29 is 19.2 Å². The number of amides is 1. The van der Waals surface area contributed by atoms with Gasteiger partial charge < -0.3 is 16.6 Å². The number of aromatic hydroxyl groups is 1. The fourth-order valence-electron chi connectivity index (χ4n) is 1.79. The minimum absolute atomic E-state index is 0.0589. The van der Waals surface area contributed by atoms with Gasteiger partial charge in [-0.15, -0.1) is 5.11 Å². The minimum Gasteiger partial charge on any atom is -0.508 e. The Morgan fingerprint density at radius 2 is 1.86 bits per heavy atom. The molecule has 0 atom stereocenters. The zero-order valence-electron chi connectivity index (χ0n) is 14.0. The quantitative estimate of drug-likeness (QED) is 0.239. The lowest BCUT2D eigenvalue weighted by atomic mass is 10.2. The topological polar surface area (TPSA) is 220 Å². The summed E-state index contributed by atoms with van der Waals surface area (Å²) in [5.74, 6) is -0.850. The first-order valence-electron chi connectivity index (χ1n) is 7.49. The van der Waals surface area contributed by atoms with Gasteiger partial charge in [0.15, 0.2) is 0 Å². The van der Waals surface area contributed by atoms with Crippen molar-refractivity contribution in [2.75, 3.05) is 23.0 Å². The van der Waals surface area contributed by atoms with E-state index in [1.807, 2.05) is 0 Å². The standard InChI is InChI=1S/C13H13N11O4/c14-10-12(21-27-19-10)18-23-24(13-11(15)20-28-22-13)6-9(26)17-16-5-7-1-3-8(25)4-2-7/h1-5,25H,6H2,(H2,14,19)(H2,15,20)(H,17,26). The molecule has 3 aromatic rings. The number of rotatable bonds is 7. The van der Waals surface area contributed by atoms with Crippen LogP contribution in [0.3, 0.4) is 0 Å². The van der Waals surface area contributed by atoms with E-state index in [4.69, 9.17) is 11.5 Å². The van der Waals surface area contributed by atoms with Crippen molar-refractivity contribution in [3.05, 3.63) is 29.8 Å². The molecule has 0 aliphatic carbocycles. The Morgan fingerprint density at radius 3 is 2.50 bits per heavy atom. The van der Waals surface area contributed by atoms with E-state index in [9.17, 15) is 9.90 Å². The van der Waals surface area contributed by atoms with E-state index in [0.29, 0.717) is 5.56 Å². The summed E-state index contributed by atoms with van der Waals surface area (Å²) in [5, 5.41) is 35.2. The van der Waals surface area contributed by atoms with Gasteiger partial charge in [0, 0.05) is 0 Å². The van der Waals surface area contributed by atoms with Gasteiger partial charge in [-0.1, -0.05) is 5.22 Å². The smallest absolute Gasteiger partial charge is 0.263 e. The highest BCUT2D eigenvalue weighted by Gasteiger charge is 2.19. The number of carbonyl (C=O) groups excluding carboxylic acids is 1. The maximum atomic E-state index is 12.1. The molecule has 144 valence electrons. The molecule has 0 fully saturated rings. The Hall–Kier alpha value is -4.56. The molecule has 0 radical (unpaired) electrons. The highest BCUT2D eigenvalue weighted by molar-refractivity contribution is 5.84. The number of nitrogens with two attached hydrogens (primary N) is 2. The molecular formula is C13H13N11O4. The number of hydrogen-bond donors (Lipinski definition) is 4. The normalized spacial score (nSPS) is 11.3. The number of hydrogen-bond acceptors (Lipinski definition) is 13. The maximum Gasteiger partial charge on any atom is 0.263 e. The molecule has 1 amide bonds. The summed E-state index contributed by atoms with van der Waals surface area (Å²) >= 11 is 0. The van der Waals surface area contributed by atoms with E-state index in [-0.39, 0.29) is 35.6 Å². The summed E-state index contributed by atoms with van der Waals surface area (Å²) < 4.78 is 8.89. The third kappa shape index (κ3) is 4.54. The molecule has 0 aliphatic rings. The van der Waals surface area contributed by atoms with Gasteiger partial charge in [0.1, 0.15) is 12.3 Å². The summed E-state index contributed by atoms with van der Waals surface area (Å²) in [4.78, 5) is 12.1. The number of nitrogens with one attached hydrogen (secondary N) is 1. The van der Waals surface area contributed by atoms with Crippen LogP contribution >= 0.6 is 0 Å². The van der Waals surface area contributed by atoms with Gasteiger partial charge in [0.05, 0.1) is 6.21 Å². The summed E-state index contributed by atoms with van der Waals surface area (Å²) in [7, 11) is 0. The predicted molar refractivity (Wildman–Crippen MR) is 93.1 cm³/mol. The molecule has 1 aromatic carbocycles. The predicted octanol–water partition coefficient (Wildman–Crippen LogP) is -0.0218. The number of phenols is 1. The monoisotopic (exact) mass is 387 g/mol. The Kier molecular flexibility index (Phi) is 5.35. The van der Waals surface area contributed by atoms with Crippen LogP contribution in [0.1, 0.15) is 5.56 Å². The molecule has 0 spiro atoms. The number of aromatic nitrogens is 4. The first kappa shape index (κ1) is 18.2. The van der Waals surface area contributed by atoms with Gasteiger partial charge in [-0.2, -0.15) is 5.10 Å². The second-order valence-electron chi connectivity index (χ2n) is 5.08. The lowest BCUT2D eigenvalue weighted by Crippen LogP contribution is -2.32. The second-order valence-corrected chi connectivity index (χ2v) is 5.08. The summed E-state index contributed by atoms with van der Waals surface area (Å²) in [5.41, 5.74) is 14.1. The fraction of sp³-hybridized carbons (Fsp3) is 0.0769. The average Bonchev–Trinajstić information content (AvgIpc) is 3.28. The van der Waals surface area contributed by atoms with Crippen LogP contribution < -0.4 is 21.9 Å². The number of benzene rings is 1. The number of carbonyl (C=O) groups is 1. The molecule has 0 bridgehead atoms. The molecule has 6 N–H and O–H groups in total. The number of nitrogens with zero attached hydrogens (tertiary/aromatic N) is 8. The fourth-order valence-corrected chi connectivity index (χ4v) is 1.79. The van der Waals surface area contributed by atoms with Gasteiger partial charge in [0.2, 0.25) is 17.5 Å². The van der Waals surface area contributed by atoms with Crippen molar-refractivity contribution in [1.82, 2.24) is 26.1 Å². The lowest BCUT2D eigenvalue weighted by molar-refractivity contribution is -0.119. The van der Waals surface area contributed by atoms with Crippen LogP contribution in [0.15, 0.2) is 49.0 Å². The van der Waals surface area contributed by atoms with Crippen molar-refractivity contribution in [2.24, 2.45) is 15.4 Å². The molecule has 15 nitrogen and oxygen atoms in total. The molecule has 2 heterocycles. The first-order valence-corrected chi connectivity index (χ1v) is 7.49.